The van der Waals surface area contributed by atoms with Gasteiger partial charge in [-0.2, -0.15) is 0 Å². The fraction of sp³-hybridized carbons (Fsp3) is 0.273. The van der Waals surface area contributed by atoms with Crippen molar-refractivity contribution in [3.63, 3.8) is 0 Å². The molecule has 1 heterocycles. The Morgan fingerprint density at radius 2 is 0.946 bits per heavy atom. The van der Waals surface area contributed by atoms with Crippen LogP contribution in [0.3, 0.4) is 0 Å². The standard InChI is InChI=1S/C33H38P4/c1-2-4-15-27-34-36(32-19-11-7-12-20-32)37(33-21-13-8-14-22-33)35(28-16-5-3-1)31-25-23-30(24-26-31)29-17-9-6-10-18-29/h6-14,17-26,34H,1-5,15-16,27-28H2. The van der Waals surface area contributed by atoms with E-state index in [1.165, 1.54) is 68.4 Å². The number of benzene rings is 4. The van der Waals surface area contributed by atoms with E-state index in [1.54, 1.807) is 15.9 Å². The van der Waals surface area contributed by atoms with Crippen LogP contribution in [0.1, 0.15) is 44.9 Å². The Morgan fingerprint density at radius 1 is 0.432 bits per heavy atom. The van der Waals surface area contributed by atoms with Gasteiger partial charge < -0.3 is 0 Å². The molecule has 0 bridgehead atoms. The van der Waals surface area contributed by atoms with Crippen molar-refractivity contribution in [2.24, 2.45) is 0 Å². The molecule has 5 rings (SSSR count). The van der Waals surface area contributed by atoms with Crippen molar-refractivity contribution >= 4 is 46.4 Å². The summed E-state index contributed by atoms with van der Waals surface area (Å²) in [6.07, 6.45) is 12.6. The summed E-state index contributed by atoms with van der Waals surface area (Å²) in [5.41, 5.74) is 2.65. The van der Waals surface area contributed by atoms with Crippen molar-refractivity contribution < 1.29 is 0 Å². The molecular formula is C33H38P4. The summed E-state index contributed by atoms with van der Waals surface area (Å²) in [7, 11) is 0.342. The Kier molecular flexibility index (Phi) is 10.8. The molecule has 4 heteroatoms. The van der Waals surface area contributed by atoms with E-state index < -0.39 is 0 Å². The van der Waals surface area contributed by atoms with Crippen LogP contribution in [0.5, 0.6) is 0 Å². The van der Waals surface area contributed by atoms with Gasteiger partial charge in [0.1, 0.15) is 0 Å². The average molecular weight is 559 g/mol. The summed E-state index contributed by atoms with van der Waals surface area (Å²) in [4.78, 5) is 0. The quantitative estimate of drug-likeness (QED) is 0.219. The van der Waals surface area contributed by atoms with Gasteiger partial charge in [-0.15, -0.1) is 0 Å². The van der Waals surface area contributed by atoms with Crippen LogP contribution in [0.4, 0.5) is 0 Å². The summed E-state index contributed by atoms with van der Waals surface area (Å²) in [5.74, 6) is 0. The lowest BCUT2D eigenvalue weighted by molar-refractivity contribution is 0.605. The minimum atomic E-state index is -0.270. The van der Waals surface area contributed by atoms with Crippen LogP contribution in [0.2, 0.25) is 0 Å². The van der Waals surface area contributed by atoms with Gasteiger partial charge >= 0.3 is 0 Å². The molecule has 1 saturated heterocycles. The van der Waals surface area contributed by atoms with E-state index in [4.69, 9.17) is 0 Å². The maximum absolute atomic E-state index is 2.49. The highest BCUT2D eigenvalue weighted by molar-refractivity contribution is 8.78. The van der Waals surface area contributed by atoms with E-state index in [0.29, 0.717) is 0 Å². The van der Waals surface area contributed by atoms with Crippen LogP contribution in [0.15, 0.2) is 115 Å². The van der Waals surface area contributed by atoms with Gasteiger partial charge in [0.15, 0.2) is 0 Å². The second-order valence-corrected chi connectivity index (χ2v) is 23.9. The second kappa shape index (κ2) is 14.7. The Balaban J connectivity index is 1.57. The lowest BCUT2D eigenvalue weighted by atomic mass is 10.1. The first-order valence-corrected chi connectivity index (χ1v) is 21.4. The predicted molar refractivity (Wildman–Crippen MR) is 175 cm³/mol. The fourth-order valence-corrected chi connectivity index (χ4v) is 30.4. The normalized spacial score (nSPS) is 22.4. The molecule has 0 nitrogen and oxygen atoms in total. The van der Waals surface area contributed by atoms with E-state index in [-0.39, 0.29) is 22.2 Å². The monoisotopic (exact) mass is 558 g/mol. The van der Waals surface area contributed by atoms with Gasteiger partial charge in [0, 0.05) is 0 Å². The first-order valence-electron chi connectivity index (χ1n) is 13.8. The van der Waals surface area contributed by atoms with Crippen molar-refractivity contribution in [1.29, 1.82) is 0 Å². The molecule has 1 aliphatic rings. The van der Waals surface area contributed by atoms with Crippen LogP contribution in [0.25, 0.3) is 11.1 Å². The third kappa shape index (κ3) is 7.59. The highest BCUT2D eigenvalue weighted by atomic mass is 32.6. The second-order valence-electron chi connectivity index (χ2n) is 9.69. The summed E-state index contributed by atoms with van der Waals surface area (Å²) in [5, 5.41) is 4.88. The third-order valence-corrected chi connectivity index (χ3v) is 28.2. The van der Waals surface area contributed by atoms with Gasteiger partial charge in [-0.1, -0.05) is 156 Å². The molecule has 4 unspecified atom stereocenters. The van der Waals surface area contributed by atoms with E-state index in [2.05, 4.69) is 115 Å². The maximum Gasteiger partial charge on any atom is -0.0117 e. The molecule has 1 fully saturated rings. The largest absolute Gasteiger partial charge is 0.0862 e. The Bertz CT molecular complexity index is 1180. The number of rotatable bonds is 4. The van der Waals surface area contributed by atoms with Gasteiger partial charge in [0.05, 0.1) is 0 Å². The number of hydrogen-bond acceptors (Lipinski definition) is 0. The Morgan fingerprint density at radius 3 is 1.59 bits per heavy atom. The Hall–Kier alpha value is -1.40. The molecule has 37 heavy (non-hydrogen) atoms. The minimum Gasteiger partial charge on any atom is -0.0862 e. The molecule has 4 aromatic carbocycles. The zero-order valence-electron chi connectivity index (χ0n) is 21.7. The maximum atomic E-state index is 2.49. The summed E-state index contributed by atoms with van der Waals surface area (Å²) in [6, 6.07) is 43.9. The van der Waals surface area contributed by atoms with Crippen LogP contribution in [-0.4, -0.2) is 12.3 Å². The average Bonchev–Trinajstić information content (AvgIpc) is 2.99. The van der Waals surface area contributed by atoms with Crippen LogP contribution < -0.4 is 15.9 Å². The zero-order valence-corrected chi connectivity index (χ0v) is 25.4. The molecule has 0 aromatic heterocycles. The topological polar surface area (TPSA) is 0 Å². The molecule has 0 radical (unpaired) electrons. The molecule has 0 saturated carbocycles. The van der Waals surface area contributed by atoms with Crippen LogP contribution >= 0.6 is 30.5 Å². The van der Waals surface area contributed by atoms with Gasteiger partial charge in [0.2, 0.25) is 0 Å². The van der Waals surface area contributed by atoms with E-state index in [9.17, 15) is 0 Å². The molecule has 1 aliphatic heterocycles. The van der Waals surface area contributed by atoms with Crippen molar-refractivity contribution in [3.05, 3.63) is 115 Å². The van der Waals surface area contributed by atoms with Crippen LogP contribution in [-0.2, 0) is 0 Å². The highest BCUT2D eigenvalue weighted by Crippen LogP contribution is 2.90. The van der Waals surface area contributed by atoms with Crippen molar-refractivity contribution in [3.8, 4) is 11.1 Å². The first-order chi connectivity index (χ1) is 18.4. The first kappa shape index (κ1) is 27.2. The van der Waals surface area contributed by atoms with Crippen LogP contribution in [0, 0.1) is 0 Å². The minimum absolute atomic E-state index is 0.201. The predicted octanol–water partition coefficient (Wildman–Crippen LogP) is 10.2. The smallest absolute Gasteiger partial charge is 0.0117 e. The molecule has 4 aromatic rings. The lowest BCUT2D eigenvalue weighted by Gasteiger charge is -2.36. The highest BCUT2D eigenvalue weighted by Gasteiger charge is 2.32. The van der Waals surface area contributed by atoms with Gasteiger partial charge in [-0.05, 0) is 74.4 Å². The Labute approximate surface area is 229 Å². The SMILES string of the molecule is c1ccc(-c2ccc(P3CCCCCCCCCPP(c4ccccc4)P3c3ccccc3)cc2)cc1. The molecule has 190 valence electrons. The fourth-order valence-electron chi connectivity index (χ4n) is 5.01. The van der Waals surface area contributed by atoms with E-state index in [0.717, 1.165) is 8.27 Å². The summed E-state index contributed by atoms with van der Waals surface area (Å²) in [6.45, 7) is 0. The molecule has 0 spiro atoms. The van der Waals surface area contributed by atoms with E-state index in [1.807, 2.05) is 0 Å². The summed E-state index contributed by atoms with van der Waals surface area (Å²) < 4.78 is 0. The molecule has 0 aliphatic carbocycles. The van der Waals surface area contributed by atoms with Gasteiger partial charge in [-0.25, -0.2) is 0 Å². The molecular weight excluding hydrogens is 520 g/mol. The lowest BCUT2D eigenvalue weighted by Crippen LogP contribution is -2.10. The van der Waals surface area contributed by atoms with Crippen molar-refractivity contribution in [2.45, 2.75) is 44.9 Å². The number of hydrogen-bond donors (Lipinski definition) is 0. The van der Waals surface area contributed by atoms with Gasteiger partial charge in [0.25, 0.3) is 0 Å². The molecule has 0 N–H and O–H groups in total. The van der Waals surface area contributed by atoms with E-state index >= 15 is 0 Å². The van der Waals surface area contributed by atoms with Gasteiger partial charge in [-0.3, -0.25) is 0 Å². The molecule has 0 amide bonds. The molecule has 4 atom stereocenters. The van der Waals surface area contributed by atoms with Crippen molar-refractivity contribution in [2.75, 3.05) is 12.3 Å². The van der Waals surface area contributed by atoms with Crippen molar-refractivity contribution in [1.82, 2.24) is 0 Å². The third-order valence-electron chi connectivity index (χ3n) is 6.99. The summed E-state index contributed by atoms with van der Waals surface area (Å²) >= 11 is 0. The zero-order chi connectivity index (χ0) is 25.1.